The van der Waals surface area contributed by atoms with Gasteiger partial charge in [0.25, 0.3) is 5.56 Å². The Bertz CT molecular complexity index is 1370. The van der Waals surface area contributed by atoms with Gasteiger partial charge in [0.15, 0.2) is 10.8 Å². The summed E-state index contributed by atoms with van der Waals surface area (Å²) in [6, 6.07) is 15.5. The Morgan fingerprint density at radius 3 is 2.83 bits per heavy atom. The van der Waals surface area contributed by atoms with Gasteiger partial charge in [-0.15, -0.1) is 0 Å². The number of aryl methyl sites for hydroxylation is 1. The van der Waals surface area contributed by atoms with Gasteiger partial charge in [-0.3, -0.25) is 14.3 Å². The monoisotopic (exact) mass is 405 g/mol. The minimum atomic E-state index is -0.357. The van der Waals surface area contributed by atoms with Crippen molar-refractivity contribution in [1.29, 1.82) is 0 Å². The van der Waals surface area contributed by atoms with Gasteiger partial charge in [0, 0.05) is 17.3 Å². The fraction of sp³-hybridized carbons (Fsp3) is 0.182. The van der Waals surface area contributed by atoms with Crippen LogP contribution >= 0.6 is 12.2 Å². The highest BCUT2D eigenvalue weighted by Gasteiger charge is 2.34. The second-order valence-corrected chi connectivity index (χ2v) is 7.87. The van der Waals surface area contributed by atoms with Crippen molar-refractivity contribution < 1.29 is 10.4 Å². The Hall–Kier alpha value is -3.16. The quantitative estimate of drug-likeness (QED) is 0.387. The summed E-state index contributed by atoms with van der Waals surface area (Å²) < 4.78 is 1.71. The zero-order chi connectivity index (χ0) is 20.1. The van der Waals surface area contributed by atoms with Crippen LogP contribution in [0.25, 0.3) is 16.6 Å². The molecule has 146 valence electrons. The van der Waals surface area contributed by atoms with Crippen molar-refractivity contribution in [1.82, 2.24) is 14.5 Å². The summed E-state index contributed by atoms with van der Waals surface area (Å²) in [7, 11) is 0. The SMILES string of the molecule is Cc1cccc(-n2c(O)c([C@H]3[NH2+]CCc4c3[nH]c3ccccc43)c(=O)[nH]c2=S)c1. The Morgan fingerprint density at radius 2 is 2.00 bits per heavy atom. The number of H-pyrrole nitrogens is 2. The molecule has 1 aliphatic rings. The summed E-state index contributed by atoms with van der Waals surface area (Å²) in [5.74, 6) is -0.114. The smallest absolute Gasteiger partial charge is 0.265 e. The predicted octanol–water partition coefficient (Wildman–Crippen LogP) is 2.60. The maximum Gasteiger partial charge on any atom is 0.265 e. The van der Waals surface area contributed by atoms with Crippen molar-refractivity contribution in [3.8, 4) is 11.6 Å². The number of fused-ring (bicyclic) bond motifs is 3. The summed E-state index contributed by atoms with van der Waals surface area (Å²) in [6.45, 7) is 2.81. The number of aromatic hydroxyl groups is 1. The van der Waals surface area contributed by atoms with Crippen LogP contribution in [0.3, 0.4) is 0 Å². The standard InChI is InChI=1S/C22H20N4O2S/c1-12-5-4-6-13(11-12)26-21(28)17(20(27)25-22(26)29)19-18-15(9-10-23-19)14-7-2-3-8-16(14)24-18/h2-8,11,19,23-24,28H,9-10H2,1H3,(H,25,27,29)/p+1/t19-/m1/s1. The lowest BCUT2D eigenvalue weighted by molar-refractivity contribution is -0.690. The first-order chi connectivity index (χ1) is 14.0. The summed E-state index contributed by atoms with van der Waals surface area (Å²) >= 11 is 5.37. The van der Waals surface area contributed by atoms with Gasteiger partial charge in [-0.05, 0) is 48.5 Å². The molecule has 0 unspecified atom stereocenters. The molecule has 0 fully saturated rings. The van der Waals surface area contributed by atoms with Crippen LogP contribution in [0.1, 0.15) is 28.4 Å². The van der Waals surface area contributed by atoms with Crippen LogP contribution in [-0.4, -0.2) is 26.2 Å². The molecule has 3 heterocycles. The molecule has 7 heteroatoms. The number of nitrogens with two attached hydrogens (primary N) is 1. The fourth-order valence-electron chi connectivity index (χ4n) is 4.36. The molecule has 5 rings (SSSR count). The van der Waals surface area contributed by atoms with E-state index in [-0.39, 0.29) is 22.3 Å². The average molecular weight is 406 g/mol. The zero-order valence-electron chi connectivity index (χ0n) is 15.9. The molecular weight excluding hydrogens is 384 g/mol. The van der Waals surface area contributed by atoms with Crippen molar-refractivity contribution >= 4 is 23.1 Å². The van der Waals surface area contributed by atoms with Gasteiger partial charge in [-0.1, -0.05) is 30.3 Å². The number of aromatic nitrogens is 3. The first-order valence-electron chi connectivity index (χ1n) is 9.62. The van der Waals surface area contributed by atoms with E-state index < -0.39 is 0 Å². The van der Waals surface area contributed by atoms with Crippen molar-refractivity contribution in [2.75, 3.05) is 6.54 Å². The minimum Gasteiger partial charge on any atom is -0.494 e. The third-order valence-electron chi connectivity index (χ3n) is 5.65. The number of rotatable bonds is 2. The number of benzene rings is 2. The second kappa shape index (κ2) is 6.72. The molecular formula is C22H21N4O2S+. The van der Waals surface area contributed by atoms with Crippen LogP contribution in [0.5, 0.6) is 5.88 Å². The molecule has 29 heavy (non-hydrogen) atoms. The number of nitrogens with zero attached hydrogens (tertiary/aromatic N) is 1. The summed E-state index contributed by atoms with van der Waals surface area (Å²) in [5.41, 5.74) is 4.93. The highest BCUT2D eigenvalue weighted by molar-refractivity contribution is 7.71. The van der Waals surface area contributed by atoms with Gasteiger partial charge in [0.2, 0.25) is 5.88 Å². The van der Waals surface area contributed by atoms with Gasteiger partial charge >= 0.3 is 0 Å². The normalized spacial score (nSPS) is 16.1. The van der Waals surface area contributed by atoms with Crippen LogP contribution < -0.4 is 10.9 Å². The van der Waals surface area contributed by atoms with Crippen LogP contribution in [0.2, 0.25) is 0 Å². The summed E-state index contributed by atoms with van der Waals surface area (Å²) in [5, 5.41) is 14.4. The van der Waals surface area contributed by atoms with E-state index in [4.69, 9.17) is 12.2 Å². The van der Waals surface area contributed by atoms with Crippen molar-refractivity contribution in [3.05, 3.63) is 86.0 Å². The number of para-hydroxylation sites is 1. The van der Waals surface area contributed by atoms with E-state index in [9.17, 15) is 9.90 Å². The third kappa shape index (κ3) is 2.82. The van der Waals surface area contributed by atoms with Gasteiger partial charge in [-0.2, -0.15) is 0 Å². The summed E-state index contributed by atoms with van der Waals surface area (Å²) in [4.78, 5) is 19.1. The lowest BCUT2D eigenvalue weighted by Gasteiger charge is -2.22. The fourth-order valence-corrected chi connectivity index (χ4v) is 4.64. The molecule has 4 aromatic rings. The van der Waals surface area contributed by atoms with Crippen LogP contribution in [0.15, 0.2) is 53.3 Å². The van der Waals surface area contributed by atoms with Crippen LogP contribution in [0, 0.1) is 11.7 Å². The maximum absolute atomic E-state index is 12.9. The molecule has 0 bridgehead atoms. The molecule has 0 saturated carbocycles. The van der Waals surface area contributed by atoms with Gasteiger partial charge in [-0.25, -0.2) is 0 Å². The molecule has 6 nitrogen and oxygen atoms in total. The van der Waals surface area contributed by atoms with E-state index >= 15 is 0 Å². The average Bonchev–Trinajstić information content (AvgIpc) is 3.07. The number of quaternary nitrogens is 1. The number of hydrogen-bond donors (Lipinski definition) is 4. The van der Waals surface area contributed by atoms with Crippen molar-refractivity contribution in [2.24, 2.45) is 0 Å². The lowest BCUT2D eigenvalue weighted by atomic mass is 9.95. The van der Waals surface area contributed by atoms with Gasteiger partial charge in [0.05, 0.1) is 17.9 Å². The van der Waals surface area contributed by atoms with E-state index in [1.54, 1.807) is 0 Å². The first kappa shape index (κ1) is 17.9. The molecule has 0 spiro atoms. The molecule has 1 aliphatic heterocycles. The van der Waals surface area contributed by atoms with Crippen LogP contribution in [0.4, 0.5) is 0 Å². The van der Waals surface area contributed by atoms with Crippen molar-refractivity contribution in [3.63, 3.8) is 0 Å². The molecule has 0 saturated heterocycles. The molecule has 0 amide bonds. The van der Waals surface area contributed by atoms with E-state index in [0.29, 0.717) is 5.56 Å². The van der Waals surface area contributed by atoms with Crippen LogP contribution in [-0.2, 0) is 6.42 Å². The Morgan fingerprint density at radius 1 is 1.17 bits per heavy atom. The largest absolute Gasteiger partial charge is 0.494 e. The Balaban J connectivity index is 1.75. The minimum absolute atomic E-state index is 0.114. The highest BCUT2D eigenvalue weighted by atomic mass is 32.1. The number of nitrogens with one attached hydrogen (secondary N) is 2. The predicted molar refractivity (Wildman–Crippen MR) is 114 cm³/mol. The van der Waals surface area contributed by atoms with Gasteiger partial charge in [0.1, 0.15) is 5.56 Å². The third-order valence-corrected chi connectivity index (χ3v) is 5.93. The highest BCUT2D eigenvalue weighted by Crippen LogP contribution is 2.33. The Kier molecular flexibility index (Phi) is 4.15. The zero-order valence-corrected chi connectivity index (χ0v) is 16.7. The molecule has 2 aromatic carbocycles. The maximum atomic E-state index is 12.9. The van der Waals surface area contributed by atoms with E-state index in [1.807, 2.05) is 49.4 Å². The van der Waals surface area contributed by atoms with E-state index in [2.05, 4.69) is 21.4 Å². The molecule has 0 radical (unpaired) electrons. The van der Waals surface area contributed by atoms with Gasteiger partial charge < -0.3 is 15.4 Å². The van der Waals surface area contributed by atoms with E-state index in [1.165, 1.54) is 15.5 Å². The molecule has 0 aliphatic carbocycles. The van der Waals surface area contributed by atoms with E-state index in [0.717, 1.165) is 35.4 Å². The first-order valence-corrected chi connectivity index (χ1v) is 10.0. The number of aromatic amines is 2. The molecule has 5 N–H and O–H groups in total. The number of hydrogen-bond acceptors (Lipinski definition) is 3. The lowest BCUT2D eigenvalue weighted by Crippen LogP contribution is -2.87. The molecule has 1 atom stereocenters. The second-order valence-electron chi connectivity index (χ2n) is 7.49. The summed E-state index contributed by atoms with van der Waals surface area (Å²) in [6.07, 6.45) is 0.908. The Labute approximate surface area is 171 Å². The topological polar surface area (TPSA) is 90.4 Å². The molecule has 2 aromatic heterocycles. The van der Waals surface area contributed by atoms with Crippen molar-refractivity contribution in [2.45, 2.75) is 19.4 Å².